The van der Waals surface area contributed by atoms with E-state index in [2.05, 4.69) is 18.8 Å². The zero-order valence-corrected chi connectivity index (χ0v) is 15.4. The summed E-state index contributed by atoms with van der Waals surface area (Å²) in [5, 5.41) is 13.7. The smallest absolute Gasteiger partial charge is 0.251 e. The summed E-state index contributed by atoms with van der Waals surface area (Å²) in [7, 11) is 0. The van der Waals surface area contributed by atoms with Crippen molar-refractivity contribution in [1.29, 1.82) is 0 Å². The maximum Gasteiger partial charge on any atom is 0.251 e. The summed E-state index contributed by atoms with van der Waals surface area (Å²) >= 11 is 1.59. The van der Waals surface area contributed by atoms with Crippen LogP contribution in [0.1, 0.15) is 44.3 Å². The monoisotopic (exact) mass is 340 g/mol. The summed E-state index contributed by atoms with van der Waals surface area (Å²) in [4.78, 5) is 18.6. The molecule has 1 amide bonds. The molecule has 1 aliphatic heterocycles. The molecule has 1 aromatic rings. The number of hydrogen-bond donors (Lipinski definition) is 1. The number of rotatable bonds is 6. The van der Waals surface area contributed by atoms with Crippen LogP contribution in [0.3, 0.4) is 0 Å². The second kappa shape index (κ2) is 7.73. The van der Waals surface area contributed by atoms with Crippen molar-refractivity contribution >= 4 is 17.2 Å². The van der Waals surface area contributed by atoms with Gasteiger partial charge in [0, 0.05) is 37.2 Å². The highest BCUT2D eigenvalue weighted by molar-refractivity contribution is 7.09. The molecule has 0 aliphatic carbocycles. The molecule has 1 saturated heterocycles. The Morgan fingerprint density at radius 2 is 2.09 bits per heavy atom. The average Bonchev–Trinajstić information content (AvgIpc) is 2.89. The van der Waals surface area contributed by atoms with Crippen LogP contribution >= 0.6 is 11.3 Å². The molecule has 6 heteroatoms. The predicted octanol–water partition coefficient (Wildman–Crippen LogP) is 2.41. The molecule has 23 heavy (non-hydrogen) atoms. The lowest BCUT2D eigenvalue weighted by atomic mass is 9.88. The Balaban J connectivity index is 1.83. The Morgan fingerprint density at radius 3 is 2.61 bits per heavy atom. The number of nitrogens with zero attached hydrogens (tertiary/aromatic N) is 2. The van der Waals surface area contributed by atoms with E-state index in [4.69, 9.17) is 4.74 Å². The zero-order valence-electron chi connectivity index (χ0n) is 14.5. The van der Waals surface area contributed by atoms with Gasteiger partial charge in [0.05, 0.1) is 10.6 Å². The van der Waals surface area contributed by atoms with Crippen LogP contribution in [0.4, 0.5) is 0 Å². The van der Waals surface area contributed by atoms with Gasteiger partial charge in [-0.05, 0) is 32.6 Å². The van der Waals surface area contributed by atoms with Crippen LogP contribution in [-0.4, -0.2) is 52.3 Å². The van der Waals surface area contributed by atoms with Crippen LogP contribution in [-0.2, 0) is 16.0 Å². The third kappa shape index (κ3) is 5.26. The van der Waals surface area contributed by atoms with Gasteiger partial charge in [-0.3, -0.25) is 4.79 Å². The van der Waals surface area contributed by atoms with Gasteiger partial charge in [-0.1, -0.05) is 13.8 Å². The van der Waals surface area contributed by atoms with Gasteiger partial charge >= 0.3 is 0 Å². The SMILES string of the molecule is Cc1csc(CC2(O)CCN(C(=O)C(C)OCC(C)C)CC2)n1. The Hall–Kier alpha value is -0.980. The van der Waals surface area contributed by atoms with Crippen LogP contribution in [0, 0.1) is 12.8 Å². The fourth-order valence-corrected chi connectivity index (χ4v) is 3.66. The van der Waals surface area contributed by atoms with Gasteiger partial charge in [0.15, 0.2) is 0 Å². The van der Waals surface area contributed by atoms with Crippen molar-refractivity contribution < 1.29 is 14.6 Å². The third-order valence-corrected chi connectivity index (χ3v) is 5.15. The van der Waals surface area contributed by atoms with Gasteiger partial charge in [0.25, 0.3) is 5.91 Å². The number of piperidine rings is 1. The number of amides is 1. The minimum atomic E-state index is -0.747. The molecule has 2 rings (SSSR count). The molecule has 1 N–H and O–H groups in total. The van der Waals surface area contributed by atoms with Gasteiger partial charge in [-0.15, -0.1) is 11.3 Å². The van der Waals surface area contributed by atoms with Gasteiger partial charge in [-0.25, -0.2) is 4.98 Å². The Morgan fingerprint density at radius 1 is 1.43 bits per heavy atom. The van der Waals surface area contributed by atoms with Gasteiger partial charge in [0.2, 0.25) is 0 Å². The number of aromatic nitrogens is 1. The minimum Gasteiger partial charge on any atom is -0.389 e. The Bertz CT molecular complexity index is 522. The molecule has 1 aliphatic rings. The molecule has 2 heterocycles. The third-order valence-electron chi connectivity index (χ3n) is 4.18. The fourth-order valence-electron chi connectivity index (χ4n) is 2.75. The molecule has 0 bridgehead atoms. The first-order chi connectivity index (χ1) is 10.8. The molecule has 1 atom stereocenters. The van der Waals surface area contributed by atoms with Crippen LogP contribution in [0.5, 0.6) is 0 Å². The van der Waals surface area contributed by atoms with Crippen molar-refractivity contribution in [1.82, 2.24) is 9.88 Å². The number of carbonyl (C=O) groups is 1. The molecule has 0 aromatic carbocycles. The zero-order chi connectivity index (χ0) is 17.0. The van der Waals surface area contributed by atoms with Crippen LogP contribution in [0.25, 0.3) is 0 Å². The lowest BCUT2D eigenvalue weighted by Crippen LogP contribution is -2.50. The summed E-state index contributed by atoms with van der Waals surface area (Å²) in [5.74, 6) is 0.441. The van der Waals surface area contributed by atoms with Crippen LogP contribution < -0.4 is 0 Å². The number of aliphatic hydroxyl groups is 1. The van der Waals surface area contributed by atoms with E-state index in [1.165, 1.54) is 0 Å². The second-order valence-corrected chi connectivity index (χ2v) is 7.92. The maximum atomic E-state index is 12.4. The van der Waals surface area contributed by atoms with E-state index in [1.807, 2.05) is 24.1 Å². The van der Waals surface area contributed by atoms with Crippen molar-refractivity contribution in [3.8, 4) is 0 Å². The molecule has 1 aromatic heterocycles. The van der Waals surface area contributed by atoms with Crippen molar-refractivity contribution in [2.75, 3.05) is 19.7 Å². The molecule has 1 fully saturated rings. The molecular formula is C17H28N2O3S. The van der Waals surface area contributed by atoms with E-state index in [0.29, 0.717) is 44.9 Å². The van der Waals surface area contributed by atoms with Gasteiger partial charge < -0.3 is 14.7 Å². The number of aryl methyl sites for hydroxylation is 1. The average molecular weight is 340 g/mol. The largest absolute Gasteiger partial charge is 0.389 e. The van der Waals surface area contributed by atoms with Crippen molar-refractivity contribution in [3.05, 3.63) is 16.1 Å². The normalized spacial score (nSPS) is 19.1. The highest BCUT2D eigenvalue weighted by Crippen LogP contribution is 2.28. The van der Waals surface area contributed by atoms with E-state index in [-0.39, 0.29) is 5.91 Å². The van der Waals surface area contributed by atoms with E-state index in [0.717, 1.165) is 10.7 Å². The highest BCUT2D eigenvalue weighted by atomic mass is 32.1. The van der Waals surface area contributed by atoms with E-state index in [9.17, 15) is 9.90 Å². The summed E-state index contributed by atoms with van der Waals surface area (Å²) in [5.41, 5.74) is 0.251. The topological polar surface area (TPSA) is 62.7 Å². The maximum absolute atomic E-state index is 12.4. The van der Waals surface area contributed by atoms with E-state index >= 15 is 0 Å². The minimum absolute atomic E-state index is 0.0257. The number of hydrogen-bond acceptors (Lipinski definition) is 5. The lowest BCUT2D eigenvalue weighted by molar-refractivity contribution is -0.147. The quantitative estimate of drug-likeness (QED) is 0.864. The lowest BCUT2D eigenvalue weighted by Gasteiger charge is -2.38. The van der Waals surface area contributed by atoms with E-state index < -0.39 is 11.7 Å². The fraction of sp³-hybridized carbons (Fsp3) is 0.765. The Labute approximate surface area is 142 Å². The number of likely N-dealkylation sites (tertiary alicyclic amines) is 1. The predicted molar refractivity (Wildman–Crippen MR) is 91.6 cm³/mol. The van der Waals surface area contributed by atoms with Crippen LogP contribution in [0.15, 0.2) is 5.38 Å². The number of ether oxygens (including phenoxy) is 1. The summed E-state index contributed by atoms with van der Waals surface area (Å²) in [6.45, 7) is 9.66. The molecule has 1 unspecified atom stereocenters. The first kappa shape index (κ1) is 18.4. The molecule has 130 valence electrons. The number of carbonyl (C=O) groups excluding carboxylic acids is 1. The van der Waals surface area contributed by atoms with Crippen molar-refractivity contribution in [2.24, 2.45) is 5.92 Å². The van der Waals surface area contributed by atoms with Crippen molar-refractivity contribution in [2.45, 2.75) is 58.7 Å². The molecule has 5 nitrogen and oxygen atoms in total. The number of thiazole rings is 1. The summed E-state index contributed by atoms with van der Waals surface area (Å²) < 4.78 is 5.61. The summed E-state index contributed by atoms with van der Waals surface area (Å²) in [6, 6.07) is 0. The molecule has 0 radical (unpaired) electrons. The highest BCUT2D eigenvalue weighted by Gasteiger charge is 2.36. The molecule has 0 spiro atoms. The summed E-state index contributed by atoms with van der Waals surface area (Å²) in [6.07, 6.45) is 1.35. The van der Waals surface area contributed by atoms with Gasteiger partial charge in [0.1, 0.15) is 6.10 Å². The molecule has 0 saturated carbocycles. The van der Waals surface area contributed by atoms with Crippen LogP contribution in [0.2, 0.25) is 0 Å². The van der Waals surface area contributed by atoms with E-state index in [1.54, 1.807) is 11.3 Å². The first-order valence-electron chi connectivity index (χ1n) is 8.33. The first-order valence-corrected chi connectivity index (χ1v) is 9.21. The second-order valence-electron chi connectivity index (χ2n) is 6.98. The molecular weight excluding hydrogens is 312 g/mol. The Kier molecular flexibility index (Phi) is 6.17. The van der Waals surface area contributed by atoms with Crippen molar-refractivity contribution in [3.63, 3.8) is 0 Å². The van der Waals surface area contributed by atoms with Gasteiger partial charge in [-0.2, -0.15) is 0 Å². The standard InChI is InChI=1S/C17H28N2O3S/c1-12(2)10-22-14(4)16(20)19-7-5-17(21,6-8-19)9-15-18-13(3)11-23-15/h11-12,14,21H,5-10H2,1-4H3.